The van der Waals surface area contributed by atoms with Gasteiger partial charge in [0.2, 0.25) is 5.91 Å². The highest BCUT2D eigenvalue weighted by Gasteiger charge is 2.19. The van der Waals surface area contributed by atoms with E-state index in [-0.39, 0.29) is 12.5 Å². The van der Waals surface area contributed by atoms with Gasteiger partial charge in [-0.3, -0.25) is 4.79 Å². The van der Waals surface area contributed by atoms with Gasteiger partial charge in [-0.15, -0.1) is 0 Å². The molecule has 2 atom stereocenters. The second-order valence-corrected chi connectivity index (χ2v) is 7.71. The van der Waals surface area contributed by atoms with E-state index in [4.69, 9.17) is 0 Å². The Hall–Kier alpha value is -0.610. The van der Waals surface area contributed by atoms with E-state index in [1.165, 1.54) is 64.2 Å². The van der Waals surface area contributed by atoms with Crippen LogP contribution in [-0.4, -0.2) is 34.9 Å². The summed E-state index contributed by atoms with van der Waals surface area (Å²) in [7, 11) is 0. The van der Waals surface area contributed by atoms with Crippen LogP contribution in [0.5, 0.6) is 0 Å². The predicted octanol–water partition coefficient (Wildman–Crippen LogP) is 5.11. The van der Waals surface area contributed by atoms with Gasteiger partial charge < -0.3 is 15.5 Å². The zero-order valence-corrected chi connectivity index (χ0v) is 17.5. The third-order valence-corrected chi connectivity index (χ3v) is 5.12. The van der Waals surface area contributed by atoms with Gasteiger partial charge in [-0.2, -0.15) is 0 Å². The molecule has 156 valence electrons. The van der Waals surface area contributed by atoms with Crippen LogP contribution in [0.3, 0.4) is 0 Å². The van der Waals surface area contributed by atoms with Gasteiger partial charge in [0.15, 0.2) is 0 Å². The largest absolute Gasteiger partial charge is 0.394 e. The van der Waals surface area contributed by atoms with Gasteiger partial charge in [0.25, 0.3) is 0 Å². The van der Waals surface area contributed by atoms with E-state index in [1.54, 1.807) is 0 Å². The maximum atomic E-state index is 11.7. The first kappa shape index (κ1) is 25.4. The molecule has 0 aromatic rings. The number of hydrogen-bond donors (Lipinski definition) is 3. The molecule has 0 saturated carbocycles. The van der Waals surface area contributed by atoms with E-state index in [0.29, 0.717) is 12.8 Å². The Kier molecular flexibility index (Phi) is 18.7. The second-order valence-electron chi connectivity index (χ2n) is 7.71. The zero-order chi connectivity index (χ0) is 19.5. The van der Waals surface area contributed by atoms with Crippen molar-refractivity contribution in [3.63, 3.8) is 0 Å². The van der Waals surface area contributed by atoms with Crippen molar-refractivity contribution in [3.8, 4) is 0 Å². The van der Waals surface area contributed by atoms with Gasteiger partial charge in [0.05, 0.1) is 18.8 Å². The first-order valence-corrected chi connectivity index (χ1v) is 11.2. The van der Waals surface area contributed by atoms with E-state index in [2.05, 4.69) is 12.2 Å². The molecular weight excluding hydrogens is 326 g/mol. The number of aliphatic hydroxyl groups is 2. The maximum absolute atomic E-state index is 11.7. The van der Waals surface area contributed by atoms with Crippen LogP contribution in [0.2, 0.25) is 0 Å². The first-order valence-electron chi connectivity index (χ1n) is 11.2. The summed E-state index contributed by atoms with van der Waals surface area (Å²) in [5.74, 6) is -0.0698. The van der Waals surface area contributed by atoms with Crippen LogP contribution in [0.1, 0.15) is 117 Å². The Morgan fingerprint density at radius 3 is 1.69 bits per heavy atom. The van der Waals surface area contributed by atoms with Gasteiger partial charge in [-0.05, 0) is 12.8 Å². The molecule has 0 bridgehead atoms. The smallest absolute Gasteiger partial charge is 0.220 e. The molecule has 0 spiro atoms. The van der Waals surface area contributed by atoms with Crippen molar-refractivity contribution < 1.29 is 15.0 Å². The molecule has 0 rings (SSSR count). The normalized spacial score (nSPS) is 13.5. The molecule has 0 aromatic heterocycles. The van der Waals surface area contributed by atoms with Crippen molar-refractivity contribution in [1.29, 1.82) is 0 Å². The quantitative estimate of drug-likeness (QED) is 0.276. The Balaban J connectivity index is 3.53. The van der Waals surface area contributed by atoms with E-state index in [1.807, 2.05) is 6.92 Å². The molecule has 4 nitrogen and oxygen atoms in total. The summed E-state index contributed by atoms with van der Waals surface area (Å²) in [4.78, 5) is 11.7. The number of carbonyl (C=O) groups is 1. The third-order valence-electron chi connectivity index (χ3n) is 5.12. The van der Waals surface area contributed by atoms with Crippen LogP contribution < -0.4 is 5.32 Å². The number of rotatable bonds is 19. The molecule has 0 aliphatic heterocycles. The first-order chi connectivity index (χ1) is 12.7. The number of nitrogens with one attached hydrogen (secondary N) is 1. The lowest BCUT2D eigenvalue weighted by Gasteiger charge is -2.22. The lowest BCUT2D eigenvalue weighted by atomic mass is 10.0. The number of hydrogen-bond acceptors (Lipinski definition) is 3. The molecule has 2 unspecified atom stereocenters. The summed E-state index contributed by atoms with van der Waals surface area (Å²) in [5.41, 5.74) is 0. The lowest BCUT2D eigenvalue weighted by molar-refractivity contribution is -0.123. The maximum Gasteiger partial charge on any atom is 0.220 e. The third kappa shape index (κ3) is 15.6. The predicted molar refractivity (Wildman–Crippen MR) is 110 cm³/mol. The lowest BCUT2D eigenvalue weighted by Crippen LogP contribution is -2.45. The molecular formula is C22H45NO3. The fraction of sp³-hybridized carbons (Fsp3) is 0.955. The minimum atomic E-state index is -0.645. The highest BCUT2D eigenvalue weighted by Crippen LogP contribution is 2.13. The Bertz CT molecular complexity index is 310. The van der Waals surface area contributed by atoms with Gasteiger partial charge in [0.1, 0.15) is 0 Å². The monoisotopic (exact) mass is 371 g/mol. The summed E-state index contributed by atoms with van der Waals surface area (Å²) >= 11 is 0. The van der Waals surface area contributed by atoms with Crippen molar-refractivity contribution in [3.05, 3.63) is 0 Å². The van der Waals surface area contributed by atoms with Crippen LogP contribution in [-0.2, 0) is 4.79 Å². The average molecular weight is 372 g/mol. The standard InChI is InChI=1S/C22H45NO3/c1-3-5-7-8-9-10-11-12-13-14-15-16-17-21(25)20(19-24)23-22(26)18-6-4-2/h20-21,24-25H,3-19H2,1-2H3,(H,23,26). The molecule has 4 heteroatoms. The van der Waals surface area contributed by atoms with E-state index >= 15 is 0 Å². The van der Waals surface area contributed by atoms with Gasteiger partial charge >= 0.3 is 0 Å². The van der Waals surface area contributed by atoms with Crippen molar-refractivity contribution in [1.82, 2.24) is 5.32 Å². The Morgan fingerprint density at radius 2 is 1.23 bits per heavy atom. The topological polar surface area (TPSA) is 69.6 Å². The minimum absolute atomic E-state index is 0.0698. The molecule has 0 radical (unpaired) electrons. The van der Waals surface area contributed by atoms with Crippen LogP contribution in [0.15, 0.2) is 0 Å². The highest BCUT2D eigenvalue weighted by molar-refractivity contribution is 5.76. The van der Waals surface area contributed by atoms with Gasteiger partial charge in [0, 0.05) is 6.42 Å². The number of carbonyl (C=O) groups excluding carboxylic acids is 1. The van der Waals surface area contributed by atoms with Gasteiger partial charge in [-0.25, -0.2) is 0 Å². The van der Waals surface area contributed by atoms with E-state index in [9.17, 15) is 15.0 Å². The Labute approximate surface area is 162 Å². The van der Waals surface area contributed by atoms with E-state index in [0.717, 1.165) is 25.7 Å². The molecule has 0 fully saturated rings. The van der Waals surface area contributed by atoms with Gasteiger partial charge in [-0.1, -0.05) is 97.3 Å². The molecule has 0 aliphatic carbocycles. The van der Waals surface area contributed by atoms with Crippen LogP contribution in [0, 0.1) is 0 Å². The number of aliphatic hydroxyl groups excluding tert-OH is 2. The SMILES string of the molecule is CCCCCCCCCCCCCCC(O)C(CO)NC(=O)CCCC. The van der Waals surface area contributed by atoms with E-state index < -0.39 is 12.1 Å². The fourth-order valence-electron chi connectivity index (χ4n) is 3.28. The molecule has 1 amide bonds. The molecule has 3 N–H and O–H groups in total. The van der Waals surface area contributed by atoms with Crippen molar-refractivity contribution >= 4 is 5.91 Å². The summed E-state index contributed by atoms with van der Waals surface area (Å²) in [5, 5.41) is 22.3. The highest BCUT2D eigenvalue weighted by atomic mass is 16.3. The van der Waals surface area contributed by atoms with Crippen molar-refractivity contribution in [2.75, 3.05) is 6.61 Å². The van der Waals surface area contributed by atoms with Crippen molar-refractivity contribution in [2.45, 2.75) is 129 Å². The number of unbranched alkanes of at least 4 members (excludes halogenated alkanes) is 12. The summed E-state index contributed by atoms with van der Waals surface area (Å²) in [6.45, 7) is 4.10. The second kappa shape index (κ2) is 19.2. The average Bonchev–Trinajstić information content (AvgIpc) is 2.65. The molecule has 0 aliphatic rings. The minimum Gasteiger partial charge on any atom is -0.394 e. The summed E-state index contributed by atoms with van der Waals surface area (Å²) in [6.07, 6.45) is 17.8. The van der Waals surface area contributed by atoms with Crippen molar-refractivity contribution in [2.24, 2.45) is 0 Å². The summed E-state index contributed by atoms with van der Waals surface area (Å²) in [6, 6.07) is -0.521. The molecule has 0 heterocycles. The molecule has 26 heavy (non-hydrogen) atoms. The molecule has 0 saturated heterocycles. The summed E-state index contributed by atoms with van der Waals surface area (Å²) < 4.78 is 0. The number of amides is 1. The van der Waals surface area contributed by atoms with Crippen LogP contribution in [0.25, 0.3) is 0 Å². The van der Waals surface area contributed by atoms with Crippen LogP contribution >= 0.6 is 0 Å². The Morgan fingerprint density at radius 1 is 0.769 bits per heavy atom. The zero-order valence-electron chi connectivity index (χ0n) is 17.5. The fourth-order valence-corrected chi connectivity index (χ4v) is 3.28. The van der Waals surface area contributed by atoms with Crippen LogP contribution in [0.4, 0.5) is 0 Å². The molecule has 0 aromatic carbocycles.